The first-order valence-electron chi connectivity index (χ1n) is 7.14. The van der Waals surface area contributed by atoms with E-state index >= 15 is 0 Å². The van der Waals surface area contributed by atoms with Crippen molar-refractivity contribution < 1.29 is 13.5 Å². The van der Waals surface area contributed by atoms with Crippen molar-refractivity contribution >= 4 is 41.5 Å². The molecule has 1 heterocycles. The lowest BCUT2D eigenvalue weighted by Crippen LogP contribution is -2.36. The smallest absolute Gasteiger partial charge is 0.387 e. The van der Waals surface area contributed by atoms with Crippen LogP contribution in [-0.2, 0) is 20.1 Å². The normalized spacial score (nSPS) is 11.2. The third kappa shape index (κ3) is 6.65. The number of hydrogen-bond acceptors (Lipinski definition) is 3. The topological polar surface area (TPSA) is 63.5 Å². The van der Waals surface area contributed by atoms with E-state index in [1.807, 2.05) is 13.1 Å². The van der Waals surface area contributed by atoms with Gasteiger partial charge in [0.2, 0.25) is 0 Å². The van der Waals surface area contributed by atoms with Crippen LogP contribution >= 0.6 is 35.6 Å². The van der Waals surface area contributed by atoms with Gasteiger partial charge < -0.3 is 15.4 Å². The molecule has 6 nitrogen and oxygen atoms in total. The van der Waals surface area contributed by atoms with Gasteiger partial charge in [-0.1, -0.05) is 11.6 Å². The minimum Gasteiger partial charge on any atom is -0.434 e. The molecule has 2 N–H and O–H groups in total. The van der Waals surface area contributed by atoms with E-state index in [4.69, 9.17) is 11.6 Å². The Morgan fingerprint density at radius 3 is 2.64 bits per heavy atom. The summed E-state index contributed by atoms with van der Waals surface area (Å²) >= 11 is 5.92. The standard InChI is InChI=1S/C15H18ClF2N5O.HI/c1-19-15(21-9-12-5-6-22-23(12)2)20-8-10-7-11(16)3-4-13(10)24-14(17)18;/h3-7,14H,8-9H2,1-2H3,(H2,19,20,21);1H. The van der Waals surface area contributed by atoms with Gasteiger partial charge in [0.15, 0.2) is 5.96 Å². The molecular formula is C15H19ClF2IN5O. The van der Waals surface area contributed by atoms with E-state index in [1.54, 1.807) is 24.0 Å². The summed E-state index contributed by atoms with van der Waals surface area (Å²) in [5.41, 5.74) is 1.48. The summed E-state index contributed by atoms with van der Waals surface area (Å²) in [5, 5.41) is 10.7. The second kappa shape index (κ2) is 10.4. The van der Waals surface area contributed by atoms with Gasteiger partial charge in [-0.05, 0) is 24.3 Å². The molecule has 0 spiro atoms. The minimum atomic E-state index is -2.90. The van der Waals surface area contributed by atoms with Gasteiger partial charge in [-0.25, -0.2) is 0 Å². The molecule has 0 radical (unpaired) electrons. The van der Waals surface area contributed by atoms with E-state index in [1.165, 1.54) is 12.1 Å². The Morgan fingerprint density at radius 1 is 1.32 bits per heavy atom. The van der Waals surface area contributed by atoms with Crippen LogP contribution in [0.25, 0.3) is 0 Å². The van der Waals surface area contributed by atoms with Crippen LogP contribution in [-0.4, -0.2) is 29.4 Å². The van der Waals surface area contributed by atoms with Crippen molar-refractivity contribution in [3.05, 3.63) is 46.7 Å². The second-order valence-corrected chi connectivity index (χ2v) is 5.29. The van der Waals surface area contributed by atoms with Gasteiger partial charge in [0.05, 0.1) is 12.2 Å². The zero-order valence-corrected chi connectivity index (χ0v) is 16.8. The predicted octanol–water partition coefficient (Wildman–Crippen LogP) is 3.16. The van der Waals surface area contributed by atoms with Gasteiger partial charge in [-0.15, -0.1) is 24.0 Å². The fraction of sp³-hybridized carbons (Fsp3) is 0.333. The summed E-state index contributed by atoms with van der Waals surface area (Å²) in [6.07, 6.45) is 1.70. The van der Waals surface area contributed by atoms with Crippen LogP contribution in [0.2, 0.25) is 5.02 Å². The van der Waals surface area contributed by atoms with Crippen LogP contribution in [0.15, 0.2) is 35.5 Å². The maximum Gasteiger partial charge on any atom is 0.387 e. The third-order valence-corrected chi connectivity index (χ3v) is 3.50. The monoisotopic (exact) mass is 485 g/mol. The number of rotatable bonds is 6. The second-order valence-electron chi connectivity index (χ2n) is 4.86. The van der Waals surface area contributed by atoms with E-state index in [0.717, 1.165) is 5.69 Å². The highest BCUT2D eigenvalue weighted by atomic mass is 127. The Morgan fingerprint density at radius 2 is 2.04 bits per heavy atom. The molecule has 0 saturated heterocycles. The van der Waals surface area contributed by atoms with Crippen LogP contribution < -0.4 is 15.4 Å². The lowest BCUT2D eigenvalue weighted by molar-refractivity contribution is -0.0504. The number of benzene rings is 1. The van der Waals surface area contributed by atoms with Gasteiger partial charge in [-0.2, -0.15) is 13.9 Å². The molecule has 0 aliphatic rings. The molecule has 1 aromatic carbocycles. The Labute approximate surface area is 166 Å². The largest absolute Gasteiger partial charge is 0.434 e. The molecule has 0 amide bonds. The number of hydrogen-bond donors (Lipinski definition) is 2. The summed E-state index contributed by atoms with van der Waals surface area (Å²) in [5.74, 6) is 0.586. The maximum atomic E-state index is 12.5. The molecule has 2 rings (SSSR count). The lowest BCUT2D eigenvalue weighted by atomic mass is 10.2. The van der Waals surface area contributed by atoms with Crippen molar-refractivity contribution in [1.29, 1.82) is 0 Å². The number of ether oxygens (including phenoxy) is 1. The zero-order chi connectivity index (χ0) is 17.5. The molecular weight excluding hydrogens is 467 g/mol. The van der Waals surface area contributed by atoms with Crippen molar-refractivity contribution in [2.45, 2.75) is 19.7 Å². The van der Waals surface area contributed by atoms with Crippen LogP contribution in [0.4, 0.5) is 8.78 Å². The number of aryl methyl sites for hydroxylation is 1. The fourth-order valence-electron chi connectivity index (χ4n) is 2.05. The number of guanidine groups is 1. The van der Waals surface area contributed by atoms with Crippen molar-refractivity contribution in [3.8, 4) is 5.75 Å². The number of nitrogens with zero attached hydrogens (tertiary/aromatic N) is 3. The van der Waals surface area contributed by atoms with Crippen LogP contribution in [0.3, 0.4) is 0 Å². The molecule has 0 fully saturated rings. The van der Waals surface area contributed by atoms with E-state index in [9.17, 15) is 8.78 Å². The van der Waals surface area contributed by atoms with Gasteiger partial charge in [0.25, 0.3) is 0 Å². The van der Waals surface area contributed by atoms with Gasteiger partial charge in [-0.3, -0.25) is 9.67 Å². The first kappa shape index (κ1) is 21.4. The number of nitrogens with one attached hydrogen (secondary N) is 2. The molecule has 0 unspecified atom stereocenters. The number of aliphatic imine (C=N–C) groups is 1. The SMILES string of the molecule is CN=C(NCc1cc(Cl)ccc1OC(F)F)NCc1ccnn1C.I. The summed E-state index contributed by atoms with van der Waals surface area (Å²) < 4.78 is 31.2. The fourth-order valence-corrected chi connectivity index (χ4v) is 2.24. The average molecular weight is 486 g/mol. The maximum absolute atomic E-state index is 12.5. The zero-order valence-electron chi connectivity index (χ0n) is 13.7. The highest BCUT2D eigenvalue weighted by Gasteiger charge is 2.11. The molecule has 138 valence electrons. The Bertz CT molecular complexity index is 711. The van der Waals surface area contributed by atoms with Gasteiger partial charge in [0, 0.05) is 37.4 Å². The van der Waals surface area contributed by atoms with E-state index in [-0.39, 0.29) is 36.3 Å². The highest BCUT2D eigenvalue weighted by Crippen LogP contribution is 2.24. The lowest BCUT2D eigenvalue weighted by Gasteiger charge is -2.15. The highest BCUT2D eigenvalue weighted by molar-refractivity contribution is 14.0. The van der Waals surface area contributed by atoms with Crippen molar-refractivity contribution in [1.82, 2.24) is 20.4 Å². The third-order valence-electron chi connectivity index (χ3n) is 3.27. The van der Waals surface area contributed by atoms with Crippen LogP contribution in [0.1, 0.15) is 11.3 Å². The Hall–Kier alpha value is -1.62. The molecule has 0 saturated carbocycles. The molecule has 2 aromatic rings. The Kier molecular flexibility index (Phi) is 8.90. The van der Waals surface area contributed by atoms with Crippen LogP contribution in [0.5, 0.6) is 5.75 Å². The summed E-state index contributed by atoms with van der Waals surface area (Å²) in [6.45, 7) is -2.15. The minimum absolute atomic E-state index is 0. The van der Waals surface area contributed by atoms with Gasteiger partial charge >= 0.3 is 6.61 Å². The first-order valence-corrected chi connectivity index (χ1v) is 7.52. The van der Waals surface area contributed by atoms with E-state index in [2.05, 4.69) is 25.5 Å². The molecule has 1 aromatic heterocycles. The van der Waals surface area contributed by atoms with Crippen LogP contribution in [0, 0.1) is 0 Å². The van der Waals surface area contributed by atoms with E-state index < -0.39 is 6.61 Å². The quantitative estimate of drug-likeness (QED) is 0.375. The van der Waals surface area contributed by atoms with E-state index in [0.29, 0.717) is 23.1 Å². The summed E-state index contributed by atoms with van der Waals surface area (Å²) in [6, 6.07) is 6.36. The summed E-state index contributed by atoms with van der Waals surface area (Å²) in [7, 11) is 3.46. The molecule has 0 bridgehead atoms. The molecule has 0 aliphatic heterocycles. The number of aromatic nitrogens is 2. The van der Waals surface area contributed by atoms with Gasteiger partial charge in [0.1, 0.15) is 5.75 Å². The molecule has 25 heavy (non-hydrogen) atoms. The number of halogens is 4. The Balaban J connectivity index is 0.00000312. The first-order chi connectivity index (χ1) is 11.5. The average Bonchev–Trinajstić information content (AvgIpc) is 2.94. The molecule has 0 atom stereocenters. The summed E-state index contributed by atoms with van der Waals surface area (Å²) in [4.78, 5) is 4.09. The molecule has 0 aliphatic carbocycles. The molecule has 10 heteroatoms. The van der Waals surface area contributed by atoms with Crippen molar-refractivity contribution in [3.63, 3.8) is 0 Å². The number of alkyl halides is 2. The van der Waals surface area contributed by atoms with Crippen molar-refractivity contribution in [2.24, 2.45) is 12.0 Å². The predicted molar refractivity (Wildman–Crippen MR) is 104 cm³/mol. The van der Waals surface area contributed by atoms with Crippen molar-refractivity contribution in [2.75, 3.05) is 7.05 Å².